The number of anilines is 1. The van der Waals surface area contributed by atoms with Crippen LogP contribution in [0.4, 0.5) is 5.69 Å². The first-order chi connectivity index (χ1) is 8.86. The van der Waals surface area contributed by atoms with Crippen molar-refractivity contribution in [3.8, 4) is 0 Å². The van der Waals surface area contributed by atoms with Gasteiger partial charge in [0.25, 0.3) is 0 Å². The van der Waals surface area contributed by atoms with Crippen LogP contribution in [0.25, 0.3) is 0 Å². The zero-order chi connectivity index (χ0) is 12.4. The number of rotatable bonds is 4. The zero-order valence-electron chi connectivity index (χ0n) is 11.0. The maximum atomic E-state index is 5.51. The lowest BCUT2D eigenvalue weighted by atomic mass is 10.1. The Kier molecular flexibility index (Phi) is 3.52. The summed E-state index contributed by atoms with van der Waals surface area (Å²) in [5, 5.41) is 7.04. The fraction of sp³-hybridized carbons (Fsp3) is 0.600. The number of nitrogens with one attached hydrogen (secondary N) is 2. The van der Waals surface area contributed by atoms with Gasteiger partial charge in [0.15, 0.2) is 0 Å². The van der Waals surface area contributed by atoms with Crippen LogP contribution in [-0.4, -0.2) is 25.8 Å². The van der Waals surface area contributed by atoms with Crippen molar-refractivity contribution < 1.29 is 4.74 Å². The molecule has 0 saturated heterocycles. The first kappa shape index (κ1) is 12.0. The Morgan fingerprint density at radius 1 is 1.39 bits per heavy atom. The summed E-state index contributed by atoms with van der Waals surface area (Å²) >= 11 is 0. The monoisotopic (exact) mass is 246 g/mol. The molecule has 0 bridgehead atoms. The molecule has 1 aliphatic carbocycles. The van der Waals surface area contributed by atoms with Crippen LogP contribution in [0, 0.1) is 0 Å². The summed E-state index contributed by atoms with van der Waals surface area (Å²) in [7, 11) is 1.83. The molecule has 0 aromatic heterocycles. The third kappa shape index (κ3) is 2.38. The van der Waals surface area contributed by atoms with Gasteiger partial charge in [-0.3, -0.25) is 0 Å². The van der Waals surface area contributed by atoms with E-state index in [-0.39, 0.29) is 0 Å². The van der Waals surface area contributed by atoms with E-state index in [2.05, 4.69) is 28.8 Å². The van der Waals surface area contributed by atoms with Gasteiger partial charge in [0.05, 0.1) is 6.10 Å². The lowest BCUT2D eigenvalue weighted by molar-refractivity contribution is 0.0847. The molecule has 1 heterocycles. The SMILES string of the molecule is COC1CCCC1NCc1ccc2c(c1)CCN2. The molecule has 1 aromatic rings. The highest BCUT2D eigenvalue weighted by atomic mass is 16.5. The fourth-order valence-corrected chi connectivity index (χ4v) is 3.16. The van der Waals surface area contributed by atoms with E-state index in [1.54, 1.807) is 0 Å². The fourth-order valence-electron chi connectivity index (χ4n) is 3.16. The molecule has 18 heavy (non-hydrogen) atoms. The summed E-state index contributed by atoms with van der Waals surface area (Å²) < 4.78 is 5.51. The molecule has 2 atom stereocenters. The molecule has 3 rings (SSSR count). The Labute approximate surface area is 109 Å². The molecule has 1 saturated carbocycles. The van der Waals surface area contributed by atoms with E-state index in [0.717, 1.165) is 19.5 Å². The number of fused-ring (bicyclic) bond motifs is 1. The number of hydrogen-bond acceptors (Lipinski definition) is 3. The Morgan fingerprint density at radius 2 is 2.33 bits per heavy atom. The second-order valence-electron chi connectivity index (χ2n) is 5.36. The molecule has 0 spiro atoms. The number of benzene rings is 1. The first-order valence-electron chi connectivity index (χ1n) is 6.98. The van der Waals surface area contributed by atoms with E-state index in [1.807, 2.05) is 7.11 Å². The van der Waals surface area contributed by atoms with Gasteiger partial charge in [-0.15, -0.1) is 0 Å². The predicted octanol–water partition coefficient (Wildman–Crippen LogP) is 2.31. The molecule has 2 N–H and O–H groups in total. The van der Waals surface area contributed by atoms with Crippen molar-refractivity contribution in [1.82, 2.24) is 5.32 Å². The van der Waals surface area contributed by atoms with Crippen molar-refractivity contribution in [3.63, 3.8) is 0 Å². The van der Waals surface area contributed by atoms with Crippen LogP contribution >= 0.6 is 0 Å². The largest absolute Gasteiger partial charge is 0.384 e. The molecule has 0 amide bonds. The van der Waals surface area contributed by atoms with E-state index in [0.29, 0.717) is 12.1 Å². The predicted molar refractivity (Wildman–Crippen MR) is 73.9 cm³/mol. The Morgan fingerprint density at radius 3 is 3.22 bits per heavy atom. The topological polar surface area (TPSA) is 33.3 Å². The van der Waals surface area contributed by atoms with Crippen molar-refractivity contribution in [2.24, 2.45) is 0 Å². The van der Waals surface area contributed by atoms with Gasteiger partial charge in [-0.05, 0) is 42.9 Å². The van der Waals surface area contributed by atoms with Crippen LogP contribution in [0.15, 0.2) is 18.2 Å². The highest BCUT2D eigenvalue weighted by Gasteiger charge is 2.26. The summed E-state index contributed by atoms with van der Waals surface area (Å²) in [4.78, 5) is 0. The molecule has 1 aliphatic heterocycles. The van der Waals surface area contributed by atoms with Gasteiger partial charge in [0, 0.05) is 31.9 Å². The lowest BCUT2D eigenvalue weighted by Crippen LogP contribution is -2.36. The standard InChI is InChI=1S/C15H22N2O/c1-18-15-4-2-3-14(15)17-10-11-5-6-13-12(9-11)7-8-16-13/h5-6,9,14-17H,2-4,7-8,10H2,1H3. The van der Waals surface area contributed by atoms with Crippen molar-refractivity contribution in [3.05, 3.63) is 29.3 Å². The molecule has 3 nitrogen and oxygen atoms in total. The summed E-state index contributed by atoms with van der Waals surface area (Å²) in [5.74, 6) is 0. The summed E-state index contributed by atoms with van der Waals surface area (Å²) in [6.07, 6.45) is 5.28. The molecule has 98 valence electrons. The van der Waals surface area contributed by atoms with Crippen molar-refractivity contribution in [2.45, 2.75) is 44.4 Å². The van der Waals surface area contributed by atoms with Gasteiger partial charge < -0.3 is 15.4 Å². The maximum absolute atomic E-state index is 5.51. The molecule has 1 fully saturated rings. The number of hydrogen-bond donors (Lipinski definition) is 2. The molecule has 2 unspecified atom stereocenters. The zero-order valence-corrected chi connectivity index (χ0v) is 11.0. The molecular formula is C15H22N2O. The van der Waals surface area contributed by atoms with Crippen LogP contribution in [0.3, 0.4) is 0 Å². The summed E-state index contributed by atoms with van der Waals surface area (Å²) in [6.45, 7) is 2.04. The van der Waals surface area contributed by atoms with Gasteiger partial charge in [-0.2, -0.15) is 0 Å². The summed E-state index contributed by atoms with van der Waals surface area (Å²) in [6, 6.07) is 7.29. The summed E-state index contributed by atoms with van der Waals surface area (Å²) in [5.41, 5.74) is 4.16. The minimum Gasteiger partial charge on any atom is -0.384 e. The molecule has 3 heteroatoms. The number of methoxy groups -OCH3 is 1. The Balaban J connectivity index is 1.60. The average Bonchev–Trinajstić information content (AvgIpc) is 3.04. The highest BCUT2D eigenvalue weighted by molar-refractivity contribution is 5.56. The third-order valence-electron chi connectivity index (χ3n) is 4.20. The van der Waals surface area contributed by atoms with Gasteiger partial charge in [0.1, 0.15) is 0 Å². The van der Waals surface area contributed by atoms with Crippen LogP contribution in [0.2, 0.25) is 0 Å². The van der Waals surface area contributed by atoms with Crippen molar-refractivity contribution in [2.75, 3.05) is 19.0 Å². The Bertz CT molecular complexity index is 419. The van der Waals surface area contributed by atoms with E-state index in [4.69, 9.17) is 4.74 Å². The third-order valence-corrected chi connectivity index (χ3v) is 4.20. The maximum Gasteiger partial charge on any atom is 0.0724 e. The molecule has 0 radical (unpaired) electrons. The van der Waals surface area contributed by atoms with Crippen LogP contribution in [0.1, 0.15) is 30.4 Å². The first-order valence-corrected chi connectivity index (χ1v) is 6.98. The number of ether oxygens (including phenoxy) is 1. The minimum atomic E-state index is 0.404. The van der Waals surface area contributed by atoms with Gasteiger partial charge >= 0.3 is 0 Å². The van der Waals surface area contributed by atoms with Crippen molar-refractivity contribution in [1.29, 1.82) is 0 Å². The average molecular weight is 246 g/mol. The van der Waals surface area contributed by atoms with Gasteiger partial charge in [-0.1, -0.05) is 12.1 Å². The molecule has 1 aromatic carbocycles. The quantitative estimate of drug-likeness (QED) is 0.855. The molecule has 2 aliphatic rings. The van der Waals surface area contributed by atoms with Crippen LogP contribution in [0.5, 0.6) is 0 Å². The second kappa shape index (κ2) is 5.29. The van der Waals surface area contributed by atoms with Crippen molar-refractivity contribution >= 4 is 5.69 Å². The van der Waals surface area contributed by atoms with E-state index in [1.165, 1.54) is 36.1 Å². The van der Waals surface area contributed by atoms with E-state index < -0.39 is 0 Å². The van der Waals surface area contributed by atoms with Gasteiger partial charge in [-0.25, -0.2) is 0 Å². The normalized spacial score (nSPS) is 26.1. The smallest absolute Gasteiger partial charge is 0.0724 e. The lowest BCUT2D eigenvalue weighted by Gasteiger charge is -2.19. The highest BCUT2D eigenvalue weighted by Crippen LogP contribution is 2.24. The Hall–Kier alpha value is -1.06. The van der Waals surface area contributed by atoms with Crippen LogP contribution < -0.4 is 10.6 Å². The van der Waals surface area contributed by atoms with Gasteiger partial charge in [0.2, 0.25) is 0 Å². The molecular weight excluding hydrogens is 224 g/mol. The minimum absolute atomic E-state index is 0.404. The second-order valence-corrected chi connectivity index (χ2v) is 5.36. The van der Waals surface area contributed by atoms with Crippen LogP contribution in [-0.2, 0) is 17.7 Å². The van der Waals surface area contributed by atoms with E-state index >= 15 is 0 Å². The van der Waals surface area contributed by atoms with E-state index in [9.17, 15) is 0 Å².